The number of carbonyl (C=O) groups excluding carboxylic acids is 4. The Labute approximate surface area is 288 Å². The molecule has 2 atom stereocenters. The molecule has 0 bridgehead atoms. The van der Waals surface area contributed by atoms with Crippen LogP contribution >= 0.6 is 0 Å². The highest BCUT2D eigenvalue weighted by Gasteiger charge is 2.35. The number of imidazole rings is 1. The van der Waals surface area contributed by atoms with E-state index >= 15 is 0 Å². The van der Waals surface area contributed by atoms with E-state index in [9.17, 15) is 19.2 Å². The Hall–Kier alpha value is -4.71. The molecule has 1 fully saturated rings. The third kappa shape index (κ3) is 10.6. The lowest BCUT2D eigenvalue weighted by molar-refractivity contribution is -0.135. The average molecular weight is 675 g/mol. The standard InChI is InChI=1S/C37H50N6O6/c1-25-17-19-42(20-18-25)33(45)31(28-16-12-11-13-26(28)2)43-21-30(38-24-43)40-32(44)29(23-48-22-27-14-9-8-10-15-27)39-34(46)37(6,7)41-35(47)49-36(3,4)5/h8-16,21,24-25,29,31H,17-20,22-23H2,1-7H3,(H,39,46)(H,40,44)(H,41,47). The van der Waals surface area contributed by atoms with Gasteiger partial charge in [-0.2, -0.15) is 0 Å². The fourth-order valence-electron chi connectivity index (χ4n) is 5.48. The Bertz CT molecular complexity index is 1590. The molecule has 1 aromatic heterocycles. The van der Waals surface area contributed by atoms with Crippen LogP contribution in [0, 0.1) is 12.8 Å². The van der Waals surface area contributed by atoms with E-state index in [0.29, 0.717) is 19.0 Å². The van der Waals surface area contributed by atoms with Crippen LogP contribution in [0.15, 0.2) is 67.1 Å². The summed E-state index contributed by atoms with van der Waals surface area (Å²) in [5, 5.41) is 8.07. The third-order valence-electron chi connectivity index (χ3n) is 8.36. The fraction of sp³-hybridized carbons (Fsp3) is 0.486. The first-order chi connectivity index (χ1) is 23.1. The number of amides is 4. The van der Waals surface area contributed by atoms with Crippen molar-refractivity contribution in [3.05, 3.63) is 83.8 Å². The number of carbonyl (C=O) groups is 4. The van der Waals surface area contributed by atoms with Crippen molar-refractivity contribution in [2.75, 3.05) is 25.0 Å². The largest absolute Gasteiger partial charge is 0.444 e. The van der Waals surface area contributed by atoms with Gasteiger partial charge in [-0.1, -0.05) is 61.5 Å². The van der Waals surface area contributed by atoms with Crippen molar-refractivity contribution in [1.82, 2.24) is 25.1 Å². The van der Waals surface area contributed by atoms with Crippen molar-refractivity contribution < 1.29 is 28.7 Å². The summed E-state index contributed by atoms with van der Waals surface area (Å²) in [7, 11) is 0. The lowest BCUT2D eigenvalue weighted by Gasteiger charge is -2.33. The van der Waals surface area contributed by atoms with Gasteiger partial charge >= 0.3 is 6.09 Å². The lowest BCUT2D eigenvalue weighted by atomic mass is 9.96. The van der Waals surface area contributed by atoms with Gasteiger partial charge in [-0.25, -0.2) is 9.78 Å². The highest BCUT2D eigenvalue weighted by atomic mass is 16.6. The van der Waals surface area contributed by atoms with Crippen molar-refractivity contribution >= 4 is 29.6 Å². The Morgan fingerprint density at radius 3 is 2.27 bits per heavy atom. The Kier molecular flexibility index (Phi) is 12.2. The van der Waals surface area contributed by atoms with Gasteiger partial charge in [0.1, 0.15) is 23.2 Å². The second-order valence-electron chi connectivity index (χ2n) is 14.2. The molecular formula is C37H50N6O6. The molecule has 2 heterocycles. The molecule has 0 radical (unpaired) electrons. The van der Waals surface area contributed by atoms with Gasteiger partial charge in [-0.3, -0.25) is 14.4 Å². The minimum absolute atomic E-state index is 0.0318. The molecule has 4 rings (SSSR count). The van der Waals surface area contributed by atoms with Crippen LogP contribution in [0.4, 0.5) is 10.6 Å². The lowest BCUT2D eigenvalue weighted by Crippen LogP contribution is -2.59. The van der Waals surface area contributed by atoms with Crippen LogP contribution in [0.3, 0.4) is 0 Å². The van der Waals surface area contributed by atoms with E-state index in [4.69, 9.17) is 9.47 Å². The minimum atomic E-state index is -1.42. The van der Waals surface area contributed by atoms with Crippen LogP contribution in [-0.2, 0) is 30.5 Å². The van der Waals surface area contributed by atoms with Crippen LogP contribution in [0.2, 0.25) is 0 Å². The van der Waals surface area contributed by atoms with Crippen molar-refractivity contribution in [3.8, 4) is 0 Å². The maximum Gasteiger partial charge on any atom is 0.408 e. The number of likely N-dealkylation sites (tertiary alicyclic amines) is 1. The molecule has 0 saturated carbocycles. The summed E-state index contributed by atoms with van der Waals surface area (Å²) in [4.78, 5) is 59.9. The number of piperidine rings is 1. The summed E-state index contributed by atoms with van der Waals surface area (Å²) in [5.74, 6) is -0.454. The number of aryl methyl sites for hydroxylation is 1. The van der Waals surface area contributed by atoms with Crippen LogP contribution in [-0.4, -0.2) is 75.1 Å². The van der Waals surface area contributed by atoms with Crippen molar-refractivity contribution in [1.29, 1.82) is 0 Å². The quantitative estimate of drug-likeness (QED) is 0.246. The first-order valence-electron chi connectivity index (χ1n) is 16.8. The van der Waals surface area contributed by atoms with Crippen molar-refractivity contribution in [3.63, 3.8) is 0 Å². The molecule has 3 aromatic rings. The van der Waals surface area contributed by atoms with E-state index in [1.807, 2.05) is 66.4 Å². The normalized spacial score (nSPS) is 15.2. The van der Waals surface area contributed by atoms with Gasteiger partial charge in [0.05, 0.1) is 19.5 Å². The average Bonchev–Trinajstić information content (AvgIpc) is 3.48. The summed E-state index contributed by atoms with van der Waals surface area (Å²) in [6.07, 6.45) is 4.28. The molecule has 264 valence electrons. The molecule has 1 saturated heterocycles. The number of benzene rings is 2. The van der Waals surface area contributed by atoms with Crippen LogP contribution in [0.25, 0.3) is 0 Å². The van der Waals surface area contributed by atoms with E-state index in [-0.39, 0.29) is 24.9 Å². The number of hydrogen-bond donors (Lipinski definition) is 3. The molecule has 1 aliphatic rings. The summed E-state index contributed by atoms with van der Waals surface area (Å²) >= 11 is 0. The van der Waals surface area contributed by atoms with Gasteiger partial charge in [0.15, 0.2) is 5.82 Å². The molecule has 0 spiro atoms. The van der Waals surface area contributed by atoms with Gasteiger partial charge in [0, 0.05) is 19.3 Å². The second-order valence-corrected chi connectivity index (χ2v) is 14.2. The van der Waals surface area contributed by atoms with Gasteiger partial charge in [0.25, 0.3) is 5.91 Å². The monoisotopic (exact) mass is 674 g/mol. The second kappa shape index (κ2) is 16.1. The SMILES string of the molecule is Cc1ccccc1C(C(=O)N1CCC(C)CC1)n1cnc(NC(=O)C(COCc2ccccc2)NC(=O)C(C)(C)NC(=O)OC(C)(C)C)c1. The maximum absolute atomic E-state index is 14.0. The topological polar surface area (TPSA) is 144 Å². The summed E-state index contributed by atoms with van der Waals surface area (Å²) in [6.45, 7) is 13.8. The van der Waals surface area contributed by atoms with Crippen molar-refractivity contribution in [2.45, 2.75) is 91.1 Å². The molecule has 1 aliphatic heterocycles. The van der Waals surface area contributed by atoms with E-state index in [1.165, 1.54) is 20.2 Å². The zero-order valence-corrected chi connectivity index (χ0v) is 29.6. The highest BCUT2D eigenvalue weighted by Crippen LogP contribution is 2.28. The predicted molar refractivity (Wildman–Crippen MR) is 187 cm³/mol. The van der Waals surface area contributed by atoms with Gasteiger partial charge in [-0.05, 0) is 77.0 Å². The predicted octanol–water partition coefficient (Wildman–Crippen LogP) is 4.98. The summed E-state index contributed by atoms with van der Waals surface area (Å²) < 4.78 is 12.9. The van der Waals surface area contributed by atoms with Gasteiger partial charge < -0.3 is 34.9 Å². The van der Waals surface area contributed by atoms with Gasteiger partial charge in [0.2, 0.25) is 11.8 Å². The van der Waals surface area contributed by atoms with E-state index in [1.54, 1.807) is 31.5 Å². The van der Waals surface area contributed by atoms with Crippen LogP contribution in [0.5, 0.6) is 0 Å². The maximum atomic E-state index is 14.0. The van der Waals surface area contributed by atoms with E-state index in [2.05, 4.69) is 27.9 Å². The minimum Gasteiger partial charge on any atom is -0.444 e. The smallest absolute Gasteiger partial charge is 0.408 e. The van der Waals surface area contributed by atoms with Gasteiger partial charge in [-0.15, -0.1) is 0 Å². The third-order valence-corrected chi connectivity index (χ3v) is 8.36. The molecule has 0 aliphatic carbocycles. The molecule has 12 heteroatoms. The summed E-state index contributed by atoms with van der Waals surface area (Å²) in [6, 6.07) is 15.4. The molecule has 12 nitrogen and oxygen atoms in total. The highest BCUT2D eigenvalue weighted by molar-refractivity contribution is 5.98. The first kappa shape index (κ1) is 37.1. The van der Waals surface area contributed by atoms with E-state index in [0.717, 1.165) is 29.5 Å². The summed E-state index contributed by atoms with van der Waals surface area (Å²) in [5.41, 5.74) is 0.527. The number of anilines is 1. The number of nitrogens with one attached hydrogen (secondary N) is 3. The Morgan fingerprint density at radius 2 is 1.61 bits per heavy atom. The number of alkyl carbamates (subject to hydrolysis) is 1. The van der Waals surface area contributed by atoms with Crippen LogP contribution in [0.1, 0.15) is 77.1 Å². The molecule has 3 N–H and O–H groups in total. The first-order valence-corrected chi connectivity index (χ1v) is 16.8. The van der Waals surface area contributed by atoms with Crippen molar-refractivity contribution in [2.24, 2.45) is 5.92 Å². The fourth-order valence-corrected chi connectivity index (χ4v) is 5.48. The Balaban J connectivity index is 1.53. The molecular weight excluding hydrogens is 624 g/mol. The molecule has 2 unspecified atom stereocenters. The number of rotatable bonds is 12. The molecule has 4 amide bonds. The number of nitrogens with zero attached hydrogens (tertiary/aromatic N) is 3. The molecule has 2 aromatic carbocycles. The number of ether oxygens (including phenoxy) is 2. The number of aromatic nitrogens is 2. The Morgan fingerprint density at radius 1 is 0.959 bits per heavy atom. The molecule has 49 heavy (non-hydrogen) atoms. The number of hydrogen-bond acceptors (Lipinski definition) is 7. The van der Waals surface area contributed by atoms with Crippen LogP contribution < -0.4 is 16.0 Å². The van der Waals surface area contributed by atoms with E-state index < -0.39 is 41.1 Å². The zero-order chi connectivity index (χ0) is 35.8. The zero-order valence-electron chi connectivity index (χ0n) is 29.6.